The van der Waals surface area contributed by atoms with Crippen molar-refractivity contribution in [3.8, 4) is 11.6 Å². The molecule has 1 aliphatic heterocycles. The molecule has 0 fully saturated rings. The lowest BCUT2D eigenvalue weighted by molar-refractivity contribution is -0.119. The third kappa shape index (κ3) is 4.98. The van der Waals surface area contributed by atoms with E-state index in [1.807, 2.05) is 32.0 Å². The fraction of sp³-hybridized carbons (Fsp3) is 0.167. The van der Waals surface area contributed by atoms with Crippen molar-refractivity contribution in [1.29, 1.82) is 0 Å². The van der Waals surface area contributed by atoms with Gasteiger partial charge in [0.1, 0.15) is 23.3 Å². The number of carbonyl (C=O) groups excluding carboxylic acids is 2. The molecule has 0 spiro atoms. The number of benzene rings is 2. The zero-order valence-corrected chi connectivity index (χ0v) is 18.1. The quantitative estimate of drug-likeness (QED) is 0.599. The first-order valence-electron chi connectivity index (χ1n) is 10.2. The predicted octanol–water partition coefficient (Wildman–Crippen LogP) is 3.69. The highest BCUT2D eigenvalue weighted by Gasteiger charge is 2.35. The largest absolute Gasteiger partial charge is 0.439 e. The number of nitrogens with one attached hydrogen (secondary N) is 1. The molecule has 33 heavy (non-hydrogen) atoms. The molecule has 1 aromatic heterocycles. The number of pyridine rings is 1. The van der Waals surface area contributed by atoms with Gasteiger partial charge < -0.3 is 15.8 Å². The van der Waals surface area contributed by atoms with Crippen LogP contribution in [0.1, 0.15) is 17.5 Å². The van der Waals surface area contributed by atoms with Crippen LogP contribution in [0, 0.1) is 19.7 Å². The van der Waals surface area contributed by atoms with E-state index in [4.69, 9.17) is 10.5 Å². The first kappa shape index (κ1) is 21.9. The van der Waals surface area contributed by atoms with E-state index in [0.717, 1.165) is 5.56 Å². The summed E-state index contributed by atoms with van der Waals surface area (Å²) in [6, 6.07) is 13.6. The minimum atomic E-state index is -0.844. The second kappa shape index (κ2) is 9.07. The topological polar surface area (TPSA) is 110 Å². The monoisotopic (exact) mass is 447 g/mol. The third-order valence-electron chi connectivity index (χ3n) is 5.29. The van der Waals surface area contributed by atoms with Gasteiger partial charge >= 0.3 is 0 Å². The van der Waals surface area contributed by atoms with Crippen LogP contribution in [0.25, 0.3) is 0 Å². The van der Waals surface area contributed by atoms with Gasteiger partial charge in [-0.25, -0.2) is 9.37 Å². The Hall–Kier alpha value is -4.27. The molecule has 0 saturated carbocycles. The summed E-state index contributed by atoms with van der Waals surface area (Å²) in [4.78, 5) is 28.8. The van der Waals surface area contributed by atoms with Crippen molar-refractivity contribution >= 4 is 28.9 Å². The zero-order chi connectivity index (χ0) is 23.5. The summed E-state index contributed by atoms with van der Waals surface area (Å²) in [5, 5.41) is 8.28. The maximum absolute atomic E-state index is 13.2. The van der Waals surface area contributed by atoms with E-state index < -0.39 is 23.7 Å². The Kier molecular flexibility index (Phi) is 6.03. The molecular weight excluding hydrogens is 425 g/mol. The molecule has 3 aromatic rings. The van der Waals surface area contributed by atoms with E-state index in [1.54, 1.807) is 12.1 Å². The van der Waals surface area contributed by atoms with Gasteiger partial charge in [0.25, 0.3) is 5.91 Å². The van der Waals surface area contributed by atoms with Crippen LogP contribution < -0.4 is 20.8 Å². The van der Waals surface area contributed by atoms with E-state index in [1.165, 1.54) is 41.0 Å². The minimum Gasteiger partial charge on any atom is -0.439 e. The van der Waals surface area contributed by atoms with Crippen LogP contribution in [0.3, 0.4) is 0 Å². The van der Waals surface area contributed by atoms with E-state index >= 15 is 0 Å². The highest BCUT2D eigenvalue weighted by atomic mass is 19.1. The van der Waals surface area contributed by atoms with Gasteiger partial charge in [-0.15, -0.1) is 0 Å². The van der Waals surface area contributed by atoms with Crippen molar-refractivity contribution in [3.63, 3.8) is 0 Å². The number of nitrogens with two attached hydrogens (primary N) is 1. The second-order valence-corrected chi connectivity index (χ2v) is 7.68. The number of primary amides is 1. The summed E-state index contributed by atoms with van der Waals surface area (Å²) in [6.07, 6.45) is 1.49. The Labute approximate surface area is 189 Å². The maximum Gasteiger partial charge on any atom is 0.272 e. The van der Waals surface area contributed by atoms with Crippen LogP contribution in [0.2, 0.25) is 0 Å². The summed E-state index contributed by atoms with van der Waals surface area (Å²) >= 11 is 0. The summed E-state index contributed by atoms with van der Waals surface area (Å²) in [5.74, 6) is -0.504. The molecular formula is C24H22FN5O3. The van der Waals surface area contributed by atoms with Crippen molar-refractivity contribution in [3.05, 3.63) is 77.7 Å². The van der Waals surface area contributed by atoms with E-state index in [0.29, 0.717) is 23.0 Å². The zero-order valence-electron chi connectivity index (χ0n) is 18.1. The number of nitrogens with zero attached hydrogens (tertiary/aromatic N) is 3. The lowest BCUT2D eigenvalue weighted by atomic mass is 10.1. The van der Waals surface area contributed by atoms with E-state index in [-0.39, 0.29) is 12.1 Å². The van der Waals surface area contributed by atoms with Crippen molar-refractivity contribution in [1.82, 2.24) is 4.98 Å². The second-order valence-electron chi connectivity index (χ2n) is 7.68. The number of rotatable bonds is 6. The number of hydrogen-bond acceptors (Lipinski definition) is 6. The van der Waals surface area contributed by atoms with Crippen molar-refractivity contribution in [2.75, 3.05) is 10.3 Å². The Morgan fingerprint density at radius 3 is 2.48 bits per heavy atom. The average Bonchev–Trinajstić information content (AvgIpc) is 3.24. The summed E-state index contributed by atoms with van der Waals surface area (Å²) in [5.41, 5.74) is 8.78. The van der Waals surface area contributed by atoms with Crippen LogP contribution in [0.4, 0.5) is 15.8 Å². The Morgan fingerprint density at radius 1 is 1.09 bits per heavy atom. The normalized spacial score (nSPS) is 15.2. The van der Waals surface area contributed by atoms with Crippen molar-refractivity contribution in [2.24, 2.45) is 10.8 Å². The molecule has 168 valence electrons. The van der Waals surface area contributed by atoms with Gasteiger partial charge in [-0.05, 0) is 67.4 Å². The summed E-state index contributed by atoms with van der Waals surface area (Å²) < 4.78 is 19.0. The third-order valence-corrected chi connectivity index (χ3v) is 5.29. The van der Waals surface area contributed by atoms with Gasteiger partial charge in [-0.1, -0.05) is 6.07 Å². The molecule has 0 bridgehead atoms. The van der Waals surface area contributed by atoms with Crippen LogP contribution in [-0.2, 0) is 9.59 Å². The first-order chi connectivity index (χ1) is 15.8. The van der Waals surface area contributed by atoms with Gasteiger partial charge in [0.2, 0.25) is 11.8 Å². The van der Waals surface area contributed by atoms with Crippen LogP contribution in [0.5, 0.6) is 11.6 Å². The average molecular weight is 447 g/mol. The summed E-state index contributed by atoms with van der Waals surface area (Å²) in [7, 11) is 0. The van der Waals surface area contributed by atoms with Crippen LogP contribution in [0.15, 0.2) is 65.9 Å². The van der Waals surface area contributed by atoms with Crippen LogP contribution >= 0.6 is 0 Å². The van der Waals surface area contributed by atoms with Crippen molar-refractivity contribution < 1.29 is 18.7 Å². The molecule has 9 heteroatoms. The Morgan fingerprint density at radius 2 is 1.85 bits per heavy atom. The highest BCUT2D eigenvalue weighted by Crippen LogP contribution is 2.26. The molecule has 1 atom stereocenters. The fourth-order valence-electron chi connectivity index (χ4n) is 3.32. The molecule has 0 aliphatic carbocycles. The van der Waals surface area contributed by atoms with E-state index in [2.05, 4.69) is 15.4 Å². The van der Waals surface area contributed by atoms with Crippen molar-refractivity contribution in [2.45, 2.75) is 26.3 Å². The first-order valence-corrected chi connectivity index (χ1v) is 10.2. The molecule has 2 amide bonds. The van der Waals surface area contributed by atoms with Gasteiger partial charge in [0, 0.05) is 12.5 Å². The van der Waals surface area contributed by atoms with Gasteiger partial charge in [-0.3, -0.25) is 14.6 Å². The number of hydrogen-bond donors (Lipinski definition) is 2. The maximum atomic E-state index is 13.2. The van der Waals surface area contributed by atoms with Gasteiger partial charge in [0.15, 0.2) is 0 Å². The number of anilines is 2. The Balaban J connectivity index is 1.44. The molecule has 0 saturated heterocycles. The number of halogens is 1. The number of ether oxygens (including phenoxy) is 1. The molecule has 2 heterocycles. The number of aryl methyl sites for hydroxylation is 2. The van der Waals surface area contributed by atoms with Gasteiger partial charge in [0.05, 0.1) is 17.6 Å². The minimum absolute atomic E-state index is 0.0277. The fourth-order valence-corrected chi connectivity index (χ4v) is 3.32. The predicted molar refractivity (Wildman–Crippen MR) is 123 cm³/mol. The summed E-state index contributed by atoms with van der Waals surface area (Å²) in [6.45, 7) is 4.02. The number of aromatic nitrogens is 1. The molecule has 1 unspecified atom stereocenters. The standard InChI is InChI=1S/C24H22FN5O3/c1-14-3-9-19(11-15(14)2)33-22-10-6-17(13-27-22)28-24(32)20-12-21(23(26)31)30(29-20)18-7-4-16(25)5-8-18/h3-11,13,21H,12H2,1-2H3,(H2,26,31)(H,28,32). The highest BCUT2D eigenvalue weighted by molar-refractivity contribution is 6.44. The lowest BCUT2D eigenvalue weighted by Gasteiger charge is -2.20. The lowest BCUT2D eigenvalue weighted by Crippen LogP contribution is -2.39. The molecule has 4 rings (SSSR count). The molecule has 8 nitrogen and oxygen atoms in total. The number of amides is 2. The Bertz CT molecular complexity index is 1230. The smallest absolute Gasteiger partial charge is 0.272 e. The number of hydrazone groups is 1. The molecule has 2 aromatic carbocycles. The SMILES string of the molecule is Cc1ccc(Oc2ccc(NC(=O)C3=NN(c4ccc(F)cc4)C(C(N)=O)C3)cn2)cc1C. The van der Waals surface area contributed by atoms with E-state index in [9.17, 15) is 14.0 Å². The molecule has 1 aliphatic rings. The molecule has 0 radical (unpaired) electrons. The number of carbonyl (C=O) groups is 2. The van der Waals surface area contributed by atoms with Crippen LogP contribution in [-0.4, -0.2) is 28.6 Å². The molecule has 3 N–H and O–H groups in total. The van der Waals surface area contributed by atoms with Gasteiger partial charge in [-0.2, -0.15) is 5.10 Å².